The summed E-state index contributed by atoms with van der Waals surface area (Å²) < 4.78 is 2.29. The van der Waals surface area contributed by atoms with Crippen molar-refractivity contribution in [2.75, 3.05) is 13.1 Å². The van der Waals surface area contributed by atoms with Crippen molar-refractivity contribution in [2.45, 2.75) is 70.8 Å². The van der Waals surface area contributed by atoms with E-state index in [4.69, 9.17) is 0 Å². The van der Waals surface area contributed by atoms with Crippen molar-refractivity contribution in [3.05, 3.63) is 18.2 Å². The van der Waals surface area contributed by atoms with Crippen LogP contribution in [-0.4, -0.2) is 33.4 Å². The molecule has 22 heavy (non-hydrogen) atoms. The Morgan fingerprint density at radius 3 is 2.86 bits per heavy atom. The van der Waals surface area contributed by atoms with Gasteiger partial charge >= 0.3 is 0 Å². The molecule has 2 fully saturated rings. The van der Waals surface area contributed by atoms with E-state index < -0.39 is 0 Å². The molecule has 122 valence electrons. The van der Waals surface area contributed by atoms with Crippen LogP contribution in [0.15, 0.2) is 12.4 Å². The third kappa shape index (κ3) is 3.53. The summed E-state index contributed by atoms with van der Waals surface area (Å²) in [6, 6.07) is 0.418. The highest BCUT2D eigenvalue weighted by atomic mass is 16.2. The van der Waals surface area contributed by atoms with Crippen molar-refractivity contribution in [1.82, 2.24) is 14.5 Å². The van der Waals surface area contributed by atoms with E-state index in [9.17, 15) is 4.79 Å². The van der Waals surface area contributed by atoms with Crippen LogP contribution in [0, 0.1) is 5.92 Å². The molecule has 2 aliphatic rings. The van der Waals surface area contributed by atoms with Gasteiger partial charge in [-0.15, -0.1) is 0 Å². The summed E-state index contributed by atoms with van der Waals surface area (Å²) in [6.45, 7) is 3.95. The molecule has 4 heteroatoms. The first-order valence-corrected chi connectivity index (χ1v) is 9.07. The normalized spacial score (nSPS) is 23.1. The molecular weight excluding hydrogens is 274 g/mol. The first-order valence-electron chi connectivity index (χ1n) is 9.07. The van der Waals surface area contributed by atoms with Crippen molar-refractivity contribution in [3.8, 4) is 0 Å². The largest absolute Gasteiger partial charge is 0.341 e. The molecule has 1 aliphatic heterocycles. The van der Waals surface area contributed by atoms with Gasteiger partial charge in [-0.3, -0.25) is 4.79 Å². The summed E-state index contributed by atoms with van der Waals surface area (Å²) in [5, 5.41) is 0. The maximum absolute atomic E-state index is 12.5. The number of rotatable bonds is 5. The molecule has 0 aromatic carbocycles. The van der Waals surface area contributed by atoms with Crippen LogP contribution >= 0.6 is 0 Å². The second kappa shape index (κ2) is 7.30. The molecule has 0 unspecified atom stereocenters. The lowest BCUT2D eigenvalue weighted by atomic mass is 10.00. The fourth-order valence-electron chi connectivity index (χ4n) is 4.14. The molecule has 2 heterocycles. The second-order valence-corrected chi connectivity index (χ2v) is 6.93. The molecule has 0 bridgehead atoms. The monoisotopic (exact) mass is 303 g/mol. The Kier molecular flexibility index (Phi) is 5.16. The van der Waals surface area contributed by atoms with Crippen LogP contribution in [0.5, 0.6) is 0 Å². The molecule has 4 nitrogen and oxygen atoms in total. The fraction of sp³-hybridized carbons (Fsp3) is 0.778. The smallest absolute Gasteiger partial charge is 0.222 e. The summed E-state index contributed by atoms with van der Waals surface area (Å²) in [6.07, 6.45) is 14.5. The third-order valence-electron chi connectivity index (χ3n) is 5.45. The molecule has 1 saturated heterocycles. The minimum absolute atomic E-state index is 0.370. The van der Waals surface area contributed by atoms with Gasteiger partial charge in [0.1, 0.15) is 5.82 Å². The average molecular weight is 303 g/mol. The number of hydrogen-bond acceptors (Lipinski definition) is 2. The molecule has 3 rings (SSSR count). The molecule has 1 saturated carbocycles. The fourth-order valence-corrected chi connectivity index (χ4v) is 4.14. The highest BCUT2D eigenvalue weighted by Gasteiger charge is 2.26. The van der Waals surface area contributed by atoms with E-state index in [1.165, 1.54) is 25.7 Å². The van der Waals surface area contributed by atoms with Crippen LogP contribution in [0.4, 0.5) is 0 Å². The topological polar surface area (TPSA) is 38.1 Å². The minimum atomic E-state index is 0.370. The van der Waals surface area contributed by atoms with Crippen LogP contribution in [0.3, 0.4) is 0 Å². The van der Waals surface area contributed by atoms with E-state index in [0.717, 1.165) is 56.9 Å². The molecule has 1 atom stereocenters. The zero-order valence-corrected chi connectivity index (χ0v) is 13.8. The maximum Gasteiger partial charge on any atom is 0.222 e. The zero-order valence-electron chi connectivity index (χ0n) is 13.8. The number of hydrogen-bond donors (Lipinski definition) is 0. The summed E-state index contributed by atoms with van der Waals surface area (Å²) in [4.78, 5) is 19.1. The Labute approximate surface area is 133 Å². The molecule has 1 aromatic heterocycles. The molecule has 0 N–H and O–H groups in total. The summed E-state index contributed by atoms with van der Waals surface area (Å²) in [5.41, 5.74) is 0. The Hall–Kier alpha value is -1.32. The Morgan fingerprint density at radius 1 is 1.27 bits per heavy atom. The van der Waals surface area contributed by atoms with Crippen LogP contribution in [-0.2, 0) is 11.2 Å². The predicted octanol–water partition coefficient (Wildman–Crippen LogP) is 3.58. The quantitative estimate of drug-likeness (QED) is 0.834. The van der Waals surface area contributed by atoms with Gasteiger partial charge in [0.05, 0.1) is 6.04 Å². The zero-order chi connectivity index (χ0) is 15.4. The van der Waals surface area contributed by atoms with Crippen LogP contribution in [0.25, 0.3) is 0 Å². The standard InChI is InChI=1S/C18H29N3O/c1-2-17-19-11-13-21(17)16-8-5-12-20(14-16)18(22)10-9-15-6-3-4-7-15/h11,13,15-16H,2-10,12,14H2,1H3/t16-/m0/s1. The van der Waals surface area contributed by atoms with Crippen molar-refractivity contribution >= 4 is 5.91 Å². The van der Waals surface area contributed by atoms with E-state index in [1.54, 1.807) is 0 Å². The van der Waals surface area contributed by atoms with E-state index in [0.29, 0.717) is 11.9 Å². The molecule has 1 aromatic rings. The lowest BCUT2D eigenvalue weighted by Crippen LogP contribution is -2.41. The molecule has 0 spiro atoms. The van der Waals surface area contributed by atoms with Gasteiger partial charge < -0.3 is 9.47 Å². The second-order valence-electron chi connectivity index (χ2n) is 6.93. The van der Waals surface area contributed by atoms with Crippen molar-refractivity contribution in [3.63, 3.8) is 0 Å². The van der Waals surface area contributed by atoms with Gasteiger partial charge in [-0.2, -0.15) is 0 Å². The van der Waals surface area contributed by atoms with Gasteiger partial charge in [0.2, 0.25) is 5.91 Å². The number of aryl methyl sites for hydroxylation is 1. The van der Waals surface area contributed by atoms with Crippen LogP contribution in [0.1, 0.15) is 70.2 Å². The number of likely N-dealkylation sites (tertiary alicyclic amines) is 1. The molecule has 1 amide bonds. The Balaban J connectivity index is 1.54. The SMILES string of the molecule is CCc1nccn1[C@H]1CCCN(C(=O)CCC2CCCC2)C1. The number of aromatic nitrogens is 2. The van der Waals surface area contributed by atoms with Crippen LogP contribution in [0.2, 0.25) is 0 Å². The highest BCUT2D eigenvalue weighted by Crippen LogP contribution is 2.29. The van der Waals surface area contributed by atoms with Gasteiger partial charge in [0, 0.05) is 38.3 Å². The number of carbonyl (C=O) groups is 1. The summed E-state index contributed by atoms with van der Waals surface area (Å²) in [7, 11) is 0. The number of nitrogens with zero attached hydrogens (tertiary/aromatic N) is 3. The average Bonchev–Trinajstić information content (AvgIpc) is 3.23. The first-order chi connectivity index (χ1) is 10.8. The summed E-state index contributed by atoms with van der Waals surface area (Å²) >= 11 is 0. The lowest BCUT2D eigenvalue weighted by molar-refractivity contribution is -0.133. The number of carbonyl (C=O) groups excluding carboxylic acids is 1. The van der Waals surface area contributed by atoms with Crippen molar-refractivity contribution in [2.24, 2.45) is 5.92 Å². The highest BCUT2D eigenvalue weighted by molar-refractivity contribution is 5.76. The third-order valence-corrected chi connectivity index (χ3v) is 5.45. The lowest BCUT2D eigenvalue weighted by Gasteiger charge is -2.34. The maximum atomic E-state index is 12.5. The minimum Gasteiger partial charge on any atom is -0.341 e. The van der Waals surface area contributed by atoms with E-state index in [2.05, 4.69) is 27.6 Å². The molecule has 1 aliphatic carbocycles. The van der Waals surface area contributed by atoms with E-state index in [1.807, 2.05) is 6.20 Å². The Morgan fingerprint density at radius 2 is 2.09 bits per heavy atom. The van der Waals surface area contributed by atoms with E-state index >= 15 is 0 Å². The molecule has 0 radical (unpaired) electrons. The van der Waals surface area contributed by atoms with Crippen molar-refractivity contribution < 1.29 is 4.79 Å². The molecular formula is C18H29N3O. The van der Waals surface area contributed by atoms with Gasteiger partial charge in [0.25, 0.3) is 0 Å². The Bertz CT molecular complexity index is 490. The number of imidazole rings is 1. The van der Waals surface area contributed by atoms with E-state index in [-0.39, 0.29) is 0 Å². The summed E-state index contributed by atoms with van der Waals surface area (Å²) in [5.74, 6) is 2.32. The first kappa shape index (κ1) is 15.6. The van der Waals surface area contributed by atoms with Crippen molar-refractivity contribution in [1.29, 1.82) is 0 Å². The number of piperidine rings is 1. The van der Waals surface area contributed by atoms with Gasteiger partial charge in [-0.25, -0.2) is 4.98 Å². The number of amides is 1. The van der Waals surface area contributed by atoms with Gasteiger partial charge in [-0.05, 0) is 25.2 Å². The van der Waals surface area contributed by atoms with Gasteiger partial charge in [0.15, 0.2) is 0 Å². The predicted molar refractivity (Wildman–Crippen MR) is 87.6 cm³/mol. The van der Waals surface area contributed by atoms with Gasteiger partial charge in [-0.1, -0.05) is 32.6 Å². The van der Waals surface area contributed by atoms with Crippen LogP contribution < -0.4 is 0 Å².